The molecule has 3 N–H and O–H groups in total. The van der Waals surface area contributed by atoms with Gasteiger partial charge in [0.2, 0.25) is 17.7 Å². The standard InChI is InChI=1S/C36H42N8O4/c1-21(2)34(46)41-15-13-24(14-16-41)30-18-28(31-32(37)38-20-39-44(30)31)27-12-11-25(17-23(27)5)40-33(45)29-19-42(22(3)4)36(48)43(35(29)47)26-9-7-6-8-10-26/h6-12,17-18,20-22,24,29H,13-16,19H2,1-5H3,(H,40,45)(H2,37,38,39). The first-order valence-electron chi connectivity index (χ1n) is 16.5. The van der Waals surface area contributed by atoms with Crippen LogP contribution in [0, 0.1) is 18.8 Å². The predicted octanol–water partition coefficient (Wildman–Crippen LogP) is 5.08. The van der Waals surface area contributed by atoms with E-state index in [0.717, 1.165) is 40.1 Å². The number of benzene rings is 2. The van der Waals surface area contributed by atoms with Crippen LogP contribution in [0.5, 0.6) is 0 Å². The molecule has 0 aliphatic carbocycles. The van der Waals surface area contributed by atoms with E-state index < -0.39 is 23.8 Å². The monoisotopic (exact) mass is 650 g/mol. The first-order chi connectivity index (χ1) is 23.0. The Bertz CT molecular complexity index is 1880. The summed E-state index contributed by atoms with van der Waals surface area (Å²) in [4.78, 5) is 61.9. The fourth-order valence-electron chi connectivity index (χ4n) is 6.80. The molecule has 1 unspecified atom stereocenters. The number of nitrogens with zero attached hydrogens (tertiary/aromatic N) is 6. The number of urea groups is 1. The number of nitrogens with one attached hydrogen (secondary N) is 1. The molecule has 250 valence electrons. The average Bonchev–Trinajstić information content (AvgIpc) is 3.45. The number of para-hydroxylation sites is 1. The number of fused-ring (bicyclic) bond motifs is 1. The smallest absolute Gasteiger partial charge is 0.331 e. The zero-order valence-electron chi connectivity index (χ0n) is 28.0. The van der Waals surface area contributed by atoms with Crippen LogP contribution in [0.1, 0.15) is 57.7 Å². The Labute approximate surface area is 279 Å². The summed E-state index contributed by atoms with van der Waals surface area (Å²) in [6, 6.07) is 15.7. The van der Waals surface area contributed by atoms with Gasteiger partial charge in [-0.15, -0.1) is 0 Å². The molecule has 0 bridgehead atoms. The summed E-state index contributed by atoms with van der Waals surface area (Å²) in [7, 11) is 0. The Morgan fingerprint density at radius 1 is 0.958 bits per heavy atom. The van der Waals surface area contributed by atoms with Crippen molar-refractivity contribution < 1.29 is 19.2 Å². The molecule has 4 aromatic rings. The van der Waals surface area contributed by atoms with E-state index in [0.29, 0.717) is 35.8 Å². The molecule has 0 saturated carbocycles. The number of amides is 5. The van der Waals surface area contributed by atoms with Gasteiger partial charge < -0.3 is 20.9 Å². The van der Waals surface area contributed by atoms with E-state index in [1.54, 1.807) is 41.3 Å². The summed E-state index contributed by atoms with van der Waals surface area (Å²) < 4.78 is 1.87. The molecule has 48 heavy (non-hydrogen) atoms. The molecule has 2 aromatic heterocycles. The Morgan fingerprint density at radius 3 is 2.31 bits per heavy atom. The zero-order valence-corrected chi connectivity index (χ0v) is 28.0. The van der Waals surface area contributed by atoms with Gasteiger partial charge >= 0.3 is 6.03 Å². The quantitative estimate of drug-likeness (QED) is 0.265. The molecule has 2 aliphatic rings. The van der Waals surface area contributed by atoms with Gasteiger partial charge in [-0.3, -0.25) is 14.4 Å². The summed E-state index contributed by atoms with van der Waals surface area (Å²) in [5, 5.41) is 7.49. The number of nitrogen functional groups attached to an aromatic ring is 1. The van der Waals surface area contributed by atoms with Crippen LogP contribution < -0.4 is 16.0 Å². The maximum Gasteiger partial charge on any atom is 0.331 e. The maximum atomic E-state index is 13.6. The number of anilines is 3. The summed E-state index contributed by atoms with van der Waals surface area (Å²) in [6.45, 7) is 10.9. The van der Waals surface area contributed by atoms with Crippen LogP contribution in [0.3, 0.4) is 0 Å². The largest absolute Gasteiger partial charge is 0.382 e. The van der Waals surface area contributed by atoms with Crippen LogP contribution in [0.15, 0.2) is 60.9 Å². The lowest BCUT2D eigenvalue weighted by Gasteiger charge is -2.39. The van der Waals surface area contributed by atoms with Crippen molar-refractivity contribution in [2.45, 2.75) is 59.4 Å². The van der Waals surface area contributed by atoms with Crippen molar-refractivity contribution in [1.82, 2.24) is 24.4 Å². The van der Waals surface area contributed by atoms with Crippen molar-refractivity contribution in [3.63, 3.8) is 0 Å². The molecule has 1 atom stereocenters. The van der Waals surface area contributed by atoms with Crippen LogP contribution in [-0.4, -0.2) is 73.8 Å². The lowest BCUT2D eigenvalue weighted by molar-refractivity contribution is -0.135. The van der Waals surface area contributed by atoms with E-state index in [1.807, 2.05) is 56.2 Å². The van der Waals surface area contributed by atoms with E-state index in [-0.39, 0.29) is 30.3 Å². The second-order valence-electron chi connectivity index (χ2n) is 13.3. The normalized spacial score (nSPS) is 17.6. The fourth-order valence-corrected chi connectivity index (χ4v) is 6.80. The number of rotatable bonds is 7. The van der Waals surface area contributed by atoms with E-state index in [1.165, 1.54) is 6.33 Å². The number of nitrogens with two attached hydrogens (primary N) is 1. The molecule has 12 nitrogen and oxygen atoms in total. The van der Waals surface area contributed by atoms with E-state index in [2.05, 4.69) is 21.5 Å². The minimum absolute atomic E-state index is 0.00902. The summed E-state index contributed by atoms with van der Waals surface area (Å²) >= 11 is 0. The first-order valence-corrected chi connectivity index (χ1v) is 16.5. The highest BCUT2D eigenvalue weighted by atomic mass is 16.2. The van der Waals surface area contributed by atoms with E-state index in [4.69, 9.17) is 5.73 Å². The summed E-state index contributed by atoms with van der Waals surface area (Å²) in [5.41, 5.74) is 11.8. The molecule has 2 aliphatic heterocycles. The lowest BCUT2D eigenvalue weighted by Crippen LogP contribution is -2.61. The topological polar surface area (TPSA) is 146 Å². The highest BCUT2D eigenvalue weighted by molar-refractivity contribution is 6.23. The predicted molar refractivity (Wildman–Crippen MR) is 184 cm³/mol. The minimum Gasteiger partial charge on any atom is -0.382 e. The van der Waals surface area contributed by atoms with Crippen molar-refractivity contribution in [3.05, 3.63) is 72.2 Å². The van der Waals surface area contributed by atoms with Crippen LogP contribution >= 0.6 is 0 Å². The van der Waals surface area contributed by atoms with Gasteiger partial charge in [0.05, 0.1) is 5.69 Å². The maximum absolute atomic E-state index is 13.6. The SMILES string of the molecule is Cc1cc(NC(=O)C2CN(C(C)C)C(=O)N(c3ccccc3)C2=O)ccc1-c1cc(C2CCN(C(=O)C(C)C)CC2)n2ncnc(N)c12. The minimum atomic E-state index is -1.08. The first kappa shape index (κ1) is 32.7. The van der Waals surface area contributed by atoms with Gasteiger partial charge in [-0.1, -0.05) is 38.1 Å². The molecule has 2 aromatic carbocycles. The third kappa shape index (κ3) is 5.98. The Hall–Kier alpha value is -5.26. The van der Waals surface area contributed by atoms with Crippen molar-refractivity contribution >= 4 is 46.5 Å². The molecule has 4 heterocycles. The molecule has 12 heteroatoms. The molecular weight excluding hydrogens is 608 g/mol. The van der Waals surface area contributed by atoms with Crippen molar-refractivity contribution in [2.75, 3.05) is 35.6 Å². The third-order valence-electron chi connectivity index (χ3n) is 9.40. The molecule has 0 radical (unpaired) electrons. The van der Waals surface area contributed by atoms with Crippen molar-refractivity contribution in [3.8, 4) is 11.1 Å². The van der Waals surface area contributed by atoms with Gasteiger partial charge in [-0.2, -0.15) is 5.10 Å². The number of piperidine rings is 1. The molecule has 5 amide bonds. The Morgan fingerprint density at radius 2 is 1.67 bits per heavy atom. The lowest BCUT2D eigenvalue weighted by atomic mass is 9.92. The van der Waals surface area contributed by atoms with Crippen LogP contribution in [0.25, 0.3) is 16.6 Å². The summed E-state index contributed by atoms with van der Waals surface area (Å²) in [6.07, 6.45) is 3.09. The van der Waals surface area contributed by atoms with Gasteiger partial charge in [-0.25, -0.2) is 19.2 Å². The number of hydrogen-bond donors (Lipinski definition) is 2. The fraction of sp³-hybridized carbons (Fsp3) is 0.389. The van der Waals surface area contributed by atoms with Crippen LogP contribution in [0.2, 0.25) is 0 Å². The number of carbonyl (C=O) groups is 4. The number of hydrogen-bond acceptors (Lipinski definition) is 7. The van der Waals surface area contributed by atoms with Gasteiger partial charge in [-0.05, 0) is 75.1 Å². The molecular formula is C36H42N8O4. The second-order valence-corrected chi connectivity index (χ2v) is 13.3. The number of imide groups is 1. The number of aromatic nitrogens is 3. The molecule has 6 rings (SSSR count). The van der Waals surface area contributed by atoms with Crippen LogP contribution in [0.4, 0.5) is 22.0 Å². The highest BCUT2D eigenvalue weighted by Gasteiger charge is 2.44. The van der Waals surface area contributed by atoms with Crippen molar-refractivity contribution in [2.24, 2.45) is 11.8 Å². The third-order valence-corrected chi connectivity index (χ3v) is 9.40. The average molecular weight is 651 g/mol. The van der Waals surface area contributed by atoms with Crippen molar-refractivity contribution in [1.29, 1.82) is 0 Å². The molecule has 0 spiro atoms. The van der Waals surface area contributed by atoms with E-state index in [9.17, 15) is 19.2 Å². The summed E-state index contributed by atoms with van der Waals surface area (Å²) in [5.74, 6) is -1.43. The zero-order chi connectivity index (χ0) is 34.3. The van der Waals surface area contributed by atoms with Gasteiger partial charge in [0.25, 0.3) is 0 Å². The van der Waals surface area contributed by atoms with Gasteiger partial charge in [0.15, 0.2) is 5.82 Å². The van der Waals surface area contributed by atoms with E-state index >= 15 is 0 Å². The van der Waals surface area contributed by atoms with Gasteiger partial charge in [0.1, 0.15) is 17.8 Å². The van der Waals surface area contributed by atoms with Gasteiger partial charge in [0, 0.05) is 54.5 Å². The van der Waals surface area contributed by atoms with Crippen LogP contribution in [-0.2, 0) is 14.4 Å². The number of aryl methyl sites for hydroxylation is 1. The number of likely N-dealkylation sites (tertiary alicyclic amines) is 1. The Balaban J connectivity index is 1.25. The second kappa shape index (κ2) is 13.1. The Kier molecular flexibility index (Phi) is 8.91. The molecule has 2 fully saturated rings. The highest BCUT2D eigenvalue weighted by Crippen LogP contribution is 2.38. The molecule has 2 saturated heterocycles. The number of carbonyl (C=O) groups excluding carboxylic acids is 4.